The van der Waals surface area contributed by atoms with Crippen LogP contribution in [-0.4, -0.2) is 94.2 Å². The van der Waals surface area contributed by atoms with E-state index in [1.54, 1.807) is 0 Å². The third kappa shape index (κ3) is 28.0. The minimum Gasteiger partial charge on any atom is -0.481 e. The normalized spacial score (nSPS) is 10.2. The summed E-state index contributed by atoms with van der Waals surface area (Å²) in [4.78, 5) is 59.9. The number of unbranched alkanes of at least 4 members (excludes halogenated alkanes) is 1. The molecule has 15 heteroatoms. The van der Waals surface area contributed by atoms with Gasteiger partial charge in [0.15, 0.2) is 12.4 Å². The summed E-state index contributed by atoms with van der Waals surface area (Å²) < 4.78 is 0. The molecule has 0 aliphatic heterocycles. The molecule has 0 spiro atoms. The molecule has 0 aromatic heterocycles. The predicted molar refractivity (Wildman–Crippen MR) is 123 cm³/mol. The molecule has 1 unspecified atom stereocenters. The van der Waals surface area contributed by atoms with Crippen LogP contribution in [-0.2, 0) is 19.2 Å². The Balaban J connectivity index is -0.000000429. The van der Waals surface area contributed by atoms with Gasteiger partial charge in [-0.05, 0) is 43.5 Å². The largest absolute Gasteiger partial charge is 0.481 e. The van der Waals surface area contributed by atoms with E-state index in [4.69, 9.17) is 46.0 Å². The number of hydrogen-bond donors (Lipinski definition) is 9. The summed E-state index contributed by atoms with van der Waals surface area (Å²) in [5.74, 6) is -6.71. The summed E-state index contributed by atoms with van der Waals surface area (Å²) in [6, 6.07) is 5.02. The molecule has 1 aromatic carbocycles. The van der Waals surface area contributed by atoms with Crippen LogP contribution in [0, 0.1) is 0 Å². The van der Waals surface area contributed by atoms with Crippen LogP contribution < -0.4 is 0 Å². The van der Waals surface area contributed by atoms with Gasteiger partial charge in [0.1, 0.15) is 0 Å². The zero-order chi connectivity index (χ0) is 29.6. The zero-order valence-electron chi connectivity index (χ0n) is 19.9. The molecule has 37 heavy (non-hydrogen) atoms. The van der Waals surface area contributed by atoms with Crippen molar-refractivity contribution in [2.45, 2.75) is 64.3 Å². The molecule has 0 aliphatic rings. The number of aliphatic hydroxyl groups is 3. The fourth-order valence-corrected chi connectivity index (χ4v) is 1.82. The van der Waals surface area contributed by atoms with Crippen LogP contribution in [0.1, 0.15) is 72.6 Å². The second-order valence-electron chi connectivity index (χ2n) is 6.90. The minimum atomic E-state index is -1.79. The molecular formula is C22H32O15. The molecular weight excluding hydrogens is 504 g/mol. The van der Waals surface area contributed by atoms with E-state index in [0.717, 1.165) is 6.42 Å². The average Bonchev–Trinajstić information content (AvgIpc) is 2.77. The Morgan fingerprint density at radius 1 is 0.649 bits per heavy atom. The minimum absolute atomic E-state index is 0.0628. The molecule has 0 aliphatic carbocycles. The summed E-state index contributed by atoms with van der Waals surface area (Å²) >= 11 is 0. The molecule has 0 saturated carbocycles. The molecule has 0 saturated heterocycles. The Morgan fingerprint density at radius 2 is 1.00 bits per heavy atom. The molecule has 0 heterocycles. The van der Waals surface area contributed by atoms with E-state index in [9.17, 15) is 28.8 Å². The number of hydrogen-bond acceptors (Lipinski definition) is 9. The Bertz CT molecular complexity index is 797. The van der Waals surface area contributed by atoms with Gasteiger partial charge >= 0.3 is 35.8 Å². The second-order valence-corrected chi connectivity index (χ2v) is 6.90. The summed E-state index contributed by atoms with van der Waals surface area (Å²) in [7, 11) is 0. The first kappa shape index (κ1) is 37.5. The number of aliphatic hydroxyl groups excluding tert-OH is 2. The molecule has 0 fully saturated rings. The monoisotopic (exact) mass is 536 g/mol. The quantitative estimate of drug-likeness (QED) is 0.132. The number of benzene rings is 1. The number of carboxylic acid groups (broad SMARTS) is 6. The highest BCUT2D eigenvalue weighted by Gasteiger charge is 2.16. The lowest BCUT2D eigenvalue weighted by molar-refractivity contribution is -0.152. The van der Waals surface area contributed by atoms with Gasteiger partial charge in [-0.3, -0.25) is 14.4 Å². The van der Waals surface area contributed by atoms with E-state index >= 15 is 0 Å². The van der Waals surface area contributed by atoms with Crippen LogP contribution >= 0.6 is 0 Å². The first-order valence-electron chi connectivity index (χ1n) is 10.5. The fraction of sp³-hybridized carbons (Fsp3) is 0.455. The van der Waals surface area contributed by atoms with Crippen LogP contribution in [0.2, 0.25) is 0 Å². The maximum atomic E-state index is 10.3. The Kier molecular flexibility index (Phi) is 22.7. The van der Waals surface area contributed by atoms with Gasteiger partial charge in [-0.15, -0.1) is 0 Å². The van der Waals surface area contributed by atoms with E-state index in [-0.39, 0.29) is 24.0 Å². The van der Waals surface area contributed by atoms with Crippen molar-refractivity contribution in [1.29, 1.82) is 0 Å². The molecule has 0 radical (unpaired) electrons. The Hall–Kier alpha value is -4.08. The standard InChI is InChI=1S/C8H6O4.C6H10O4.C4H6O5.C4H10O2/c9-7(10)5-1-2-6(4-3-5)8(11)12;7-5(8)3-1-2-4-6(9)10;5-2(4(8)9)1-3(6)7;1-2-3-4(5)6/h1-4H,(H,9,10)(H,11,12);1-4H2,(H,7,8)(H,9,10);2,5H,1H2,(H,6,7)(H,8,9);4-6H,2-3H2,1H3. The highest BCUT2D eigenvalue weighted by molar-refractivity contribution is 5.91. The highest BCUT2D eigenvalue weighted by Crippen LogP contribution is 2.03. The summed E-state index contributed by atoms with van der Waals surface area (Å²) in [5.41, 5.74) is 0.167. The van der Waals surface area contributed by atoms with E-state index < -0.39 is 54.6 Å². The maximum absolute atomic E-state index is 10.3. The predicted octanol–water partition coefficient (Wildman–Crippen LogP) is 0.803. The lowest BCUT2D eigenvalue weighted by Gasteiger charge is -1.97. The molecule has 15 nitrogen and oxygen atoms in total. The van der Waals surface area contributed by atoms with Crippen molar-refractivity contribution >= 4 is 35.8 Å². The molecule has 1 aromatic rings. The third-order valence-electron chi connectivity index (χ3n) is 3.61. The molecule has 210 valence electrons. The Morgan fingerprint density at radius 3 is 1.14 bits per heavy atom. The maximum Gasteiger partial charge on any atom is 0.335 e. The number of aromatic carboxylic acids is 2. The number of carbonyl (C=O) groups is 6. The van der Waals surface area contributed by atoms with E-state index in [1.165, 1.54) is 24.3 Å². The smallest absolute Gasteiger partial charge is 0.335 e. The first-order chi connectivity index (χ1) is 17.0. The van der Waals surface area contributed by atoms with Crippen LogP contribution in [0.25, 0.3) is 0 Å². The molecule has 9 N–H and O–H groups in total. The van der Waals surface area contributed by atoms with Crippen molar-refractivity contribution in [3.05, 3.63) is 35.4 Å². The topological polar surface area (TPSA) is 284 Å². The highest BCUT2D eigenvalue weighted by atomic mass is 16.5. The van der Waals surface area contributed by atoms with Crippen LogP contribution in [0.5, 0.6) is 0 Å². The van der Waals surface area contributed by atoms with Crippen molar-refractivity contribution in [1.82, 2.24) is 0 Å². The van der Waals surface area contributed by atoms with E-state index in [0.29, 0.717) is 19.3 Å². The van der Waals surface area contributed by atoms with Gasteiger partial charge < -0.3 is 46.0 Å². The Labute approximate surface area is 210 Å². The number of aliphatic carboxylic acids is 4. The van der Waals surface area contributed by atoms with Crippen molar-refractivity contribution in [2.75, 3.05) is 0 Å². The summed E-state index contributed by atoms with van der Waals surface area (Å²) in [6.07, 6.45) is -1.31. The molecule has 1 atom stereocenters. The third-order valence-corrected chi connectivity index (χ3v) is 3.61. The van der Waals surface area contributed by atoms with Crippen LogP contribution in [0.3, 0.4) is 0 Å². The van der Waals surface area contributed by atoms with Crippen LogP contribution in [0.15, 0.2) is 24.3 Å². The first-order valence-corrected chi connectivity index (χ1v) is 10.5. The SMILES string of the molecule is CCCC(O)O.O=C(O)CC(O)C(=O)O.O=C(O)CCCCC(=O)O.O=C(O)c1ccc(C(=O)O)cc1. The number of rotatable bonds is 12. The van der Waals surface area contributed by atoms with Crippen molar-refractivity contribution in [3.63, 3.8) is 0 Å². The summed E-state index contributed by atoms with van der Waals surface area (Å²) in [5, 5.41) is 73.6. The lowest BCUT2D eigenvalue weighted by Crippen LogP contribution is -2.22. The summed E-state index contributed by atoms with van der Waals surface area (Å²) in [6.45, 7) is 1.90. The fourth-order valence-electron chi connectivity index (χ4n) is 1.82. The van der Waals surface area contributed by atoms with Crippen molar-refractivity contribution in [3.8, 4) is 0 Å². The van der Waals surface area contributed by atoms with Gasteiger partial charge in [-0.25, -0.2) is 14.4 Å². The van der Waals surface area contributed by atoms with Gasteiger partial charge in [0, 0.05) is 12.8 Å². The van der Waals surface area contributed by atoms with Crippen molar-refractivity contribution in [2.24, 2.45) is 0 Å². The van der Waals surface area contributed by atoms with Gasteiger partial charge in [0.05, 0.1) is 17.5 Å². The van der Waals surface area contributed by atoms with Gasteiger partial charge in [-0.1, -0.05) is 13.3 Å². The molecule has 0 bridgehead atoms. The lowest BCUT2D eigenvalue weighted by atomic mass is 10.1. The van der Waals surface area contributed by atoms with E-state index in [2.05, 4.69) is 0 Å². The van der Waals surface area contributed by atoms with Gasteiger partial charge in [0.2, 0.25) is 0 Å². The molecule has 0 amide bonds. The van der Waals surface area contributed by atoms with E-state index in [1.807, 2.05) is 6.92 Å². The second kappa shape index (κ2) is 22.4. The molecule has 1 rings (SSSR count). The van der Waals surface area contributed by atoms with Gasteiger partial charge in [0.25, 0.3) is 0 Å². The zero-order valence-corrected chi connectivity index (χ0v) is 19.9. The van der Waals surface area contributed by atoms with Crippen LogP contribution in [0.4, 0.5) is 0 Å². The number of carboxylic acids is 6. The van der Waals surface area contributed by atoms with Crippen molar-refractivity contribution < 1.29 is 74.7 Å². The van der Waals surface area contributed by atoms with Gasteiger partial charge in [-0.2, -0.15) is 0 Å². The average molecular weight is 536 g/mol.